The maximum Gasteiger partial charge on any atom is 0.334 e. The number of hydrogen-bond acceptors (Lipinski definition) is 3. The fourth-order valence-corrected chi connectivity index (χ4v) is 1.53. The molecule has 21 radical (unpaired) electrons. The summed E-state index contributed by atoms with van der Waals surface area (Å²) in [6.07, 6.45) is 3.60. The van der Waals surface area contributed by atoms with Crippen molar-refractivity contribution in [3.05, 3.63) is 118 Å². The van der Waals surface area contributed by atoms with E-state index in [0.29, 0.717) is 12.2 Å². The fourth-order valence-electron chi connectivity index (χ4n) is 1.53. The van der Waals surface area contributed by atoms with Gasteiger partial charge in [-0.05, 0) is 94.7 Å². The van der Waals surface area contributed by atoms with E-state index in [1.807, 2.05) is 30.3 Å². The molecule has 1 rings (SSSR count). The summed E-state index contributed by atoms with van der Waals surface area (Å²) in [5, 5.41) is 97.0. The molecule has 1 N–H and O–H groups in total. The van der Waals surface area contributed by atoms with Crippen molar-refractivity contribution >= 4 is 5.97 Å². The van der Waals surface area contributed by atoms with Crippen LogP contribution in [0.4, 0.5) is 0 Å². The zero-order valence-electron chi connectivity index (χ0n) is 30.2. The van der Waals surface area contributed by atoms with Gasteiger partial charge in [0.1, 0.15) is 5.75 Å². The first-order valence-electron chi connectivity index (χ1n) is 14.5. The number of aliphatic carboxylic acids is 1. The van der Waals surface area contributed by atoms with Crippen LogP contribution in [0.25, 0.3) is 0 Å². The van der Waals surface area contributed by atoms with Gasteiger partial charge in [-0.25, -0.2) is 55.9 Å². The number of carboxylic acids is 1. The van der Waals surface area contributed by atoms with Gasteiger partial charge in [0, 0.05) is 13.3 Å². The third kappa shape index (κ3) is 138. The van der Waals surface area contributed by atoms with Crippen LogP contribution in [0.2, 0.25) is 0 Å². The van der Waals surface area contributed by atoms with Crippen LogP contribution in [0.1, 0.15) is 33.1 Å². The quantitative estimate of drug-likeness (QED) is 0.184. The molecule has 0 saturated heterocycles. The Bertz CT molecular complexity index is 589. The van der Waals surface area contributed by atoms with Crippen molar-refractivity contribution in [2.75, 3.05) is 66.1 Å². The molecule has 14 nitrogen and oxygen atoms in total. The van der Waals surface area contributed by atoms with E-state index in [9.17, 15) is 4.79 Å². The summed E-state index contributed by atoms with van der Waals surface area (Å²) in [6, 6.07) is 9.22. The second kappa shape index (κ2) is 85.8. The van der Waals surface area contributed by atoms with Crippen molar-refractivity contribution in [1.82, 2.24) is 0 Å². The van der Waals surface area contributed by atoms with Crippen molar-refractivity contribution < 1.29 is 70.4 Å². The highest BCUT2D eigenvalue weighted by atomic mass is 16.7. The van der Waals surface area contributed by atoms with E-state index < -0.39 is 11.8 Å². The Morgan fingerprint density at radius 3 is 1.10 bits per heavy atom. The number of ether oxygens (including phenoxy) is 2. The molecule has 14 heteroatoms. The second-order valence-electron chi connectivity index (χ2n) is 6.69. The molecule has 0 aliphatic rings. The van der Waals surface area contributed by atoms with Gasteiger partial charge < -0.3 is 14.6 Å². The van der Waals surface area contributed by atoms with Crippen LogP contribution in [-0.4, -0.2) is 82.9 Å². The Labute approximate surface area is 305 Å². The summed E-state index contributed by atoms with van der Waals surface area (Å²) in [5.41, 5.74) is 0.103. The van der Waals surface area contributed by atoms with Crippen LogP contribution in [-0.2, 0) is 60.6 Å². The summed E-state index contributed by atoms with van der Waals surface area (Å²) in [7, 11) is 0. The SMILES string of the molecule is [CH2]C(CCCC)(OC=C(C)C(=O)O)Oc1ccccc1.[CH2]C[O].[CH2]C[O].[CH2]C[O].[CH2]C[O].[CH2]C[O].[CH2]C[O].[CH2]C[O].[CH2]C[O].[CH2]C[O].[CH2]C[O]. The third-order valence-corrected chi connectivity index (χ3v) is 2.75. The molecule has 289 valence electrons. The monoisotopic (exact) mass is 717 g/mol. The maximum atomic E-state index is 10.8. The van der Waals surface area contributed by atoms with Crippen molar-refractivity contribution in [2.24, 2.45) is 0 Å². The molecular formula is C36H61O14. The molecule has 0 amide bonds. The molecule has 0 fully saturated rings. The lowest BCUT2D eigenvalue weighted by molar-refractivity contribution is -0.134. The Kier molecular flexibility index (Phi) is 126. The summed E-state index contributed by atoms with van der Waals surface area (Å²) < 4.78 is 11.2. The topological polar surface area (TPSA) is 255 Å². The van der Waals surface area contributed by atoms with Crippen LogP contribution in [0.5, 0.6) is 5.75 Å². The lowest BCUT2D eigenvalue weighted by atomic mass is 10.1. The van der Waals surface area contributed by atoms with Gasteiger partial charge in [0.05, 0.1) is 77.9 Å². The molecule has 0 heterocycles. The van der Waals surface area contributed by atoms with E-state index >= 15 is 0 Å². The van der Waals surface area contributed by atoms with E-state index in [4.69, 9.17) is 65.6 Å². The minimum Gasteiger partial charge on any atom is -0.478 e. The second-order valence-corrected chi connectivity index (χ2v) is 6.69. The largest absolute Gasteiger partial charge is 0.478 e. The smallest absolute Gasteiger partial charge is 0.334 e. The van der Waals surface area contributed by atoms with Gasteiger partial charge in [-0.1, -0.05) is 31.5 Å². The van der Waals surface area contributed by atoms with E-state index in [2.05, 4.69) is 83.1 Å². The molecule has 0 aliphatic carbocycles. The van der Waals surface area contributed by atoms with Crippen molar-refractivity contribution in [3.63, 3.8) is 0 Å². The average Bonchev–Trinajstić information content (AvgIpc) is 3.03. The molecule has 0 saturated carbocycles. The first-order chi connectivity index (χ1) is 23.6. The van der Waals surface area contributed by atoms with E-state index in [0.717, 1.165) is 12.8 Å². The van der Waals surface area contributed by atoms with Crippen LogP contribution in [0, 0.1) is 76.2 Å². The standard InChI is InChI=1S/C16H21O4.10C2H4O/c1-4-5-11-16(3,19-12-13(2)15(17)18)20-14-9-7-6-8-10-14;10*1-2-3/h6-10,12H,3-5,11H2,1-2H3,(H,17,18);10*1-2H2. The maximum absolute atomic E-state index is 10.8. The van der Waals surface area contributed by atoms with Gasteiger partial charge in [-0.2, -0.15) is 0 Å². The Hall–Kier alpha value is -2.37. The highest BCUT2D eigenvalue weighted by Crippen LogP contribution is 2.24. The van der Waals surface area contributed by atoms with Crippen molar-refractivity contribution in [3.8, 4) is 5.75 Å². The third-order valence-electron chi connectivity index (χ3n) is 2.75. The predicted octanol–water partition coefficient (Wildman–Crippen LogP) is 6.30. The lowest BCUT2D eigenvalue weighted by Crippen LogP contribution is -2.34. The first-order valence-corrected chi connectivity index (χ1v) is 14.5. The number of hydrogen-bond donors (Lipinski definition) is 1. The normalized spacial score (nSPS) is 9.38. The molecule has 0 spiro atoms. The number of unbranched alkanes of at least 4 members (excludes halogenated alkanes) is 1. The van der Waals surface area contributed by atoms with Gasteiger partial charge in [0.15, 0.2) is 0 Å². The minimum atomic E-state index is -1.12. The molecule has 1 unspecified atom stereocenters. The summed E-state index contributed by atoms with van der Waals surface area (Å²) in [5.74, 6) is -1.50. The first kappa shape index (κ1) is 73.1. The number of benzene rings is 1. The Morgan fingerprint density at radius 1 is 0.620 bits per heavy atom. The summed E-state index contributed by atoms with van der Waals surface area (Å²) in [4.78, 5) is 10.8. The number of carboxylic acid groups (broad SMARTS) is 1. The minimum absolute atomic E-state index is 0.103. The average molecular weight is 718 g/mol. The molecular weight excluding hydrogens is 656 g/mol. The molecule has 0 aromatic heterocycles. The van der Waals surface area contributed by atoms with Crippen LogP contribution < -0.4 is 4.74 Å². The number of rotatable bonds is 8. The van der Waals surface area contributed by atoms with Gasteiger partial charge in [-0.15, -0.1) is 0 Å². The molecule has 0 aliphatic heterocycles. The predicted molar refractivity (Wildman–Crippen MR) is 186 cm³/mol. The zero-order valence-corrected chi connectivity index (χ0v) is 30.2. The van der Waals surface area contributed by atoms with E-state index in [-0.39, 0.29) is 71.6 Å². The van der Waals surface area contributed by atoms with Crippen LogP contribution >= 0.6 is 0 Å². The molecule has 1 aromatic carbocycles. The number of carbonyl (C=O) groups is 1. The van der Waals surface area contributed by atoms with Crippen molar-refractivity contribution in [2.45, 2.75) is 38.9 Å². The van der Waals surface area contributed by atoms with Gasteiger partial charge in [0.2, 0.25) is 0 Å². The van der Waals surface area contributed by atoms with Gasteiger partial charge in [-0.3, -0.25) is 0 Å². The molecule has 0 bridgehead atoms. The Morgan fingerprint density at radius 2 is 0.880 bits per heavy atom. The van der Waals surface area contributed by atoms with Crippen LogP contribution in [0.3, 0.4) is 0 Å². The Balaban J connectivity index is -0.0000000546. The summed E-state index contributed by atoms with van der Waals surface area (Å²) in [6.45, 7) is 34.3. The number of para-hydroxylation sites is 1. The lowest BCUT2D eigenvalue weighted by Gasteiger charge is -2.29. The highest BCUT2D eigenvalue weighted by Gasteiger charge is 2.27. The molecule has 1 atom stereocenters. The zero-order chi connectivity index (χ0) is 42.1. The fraction of sp³-hybridized carbons (Fsp3) is 0.444. The van der Waals surface area contributed by atoms with Gasteiger partial charge in [0.25, 0.3) is 5.79 Å². The summed E-state index contributed by atoms with van der Waals surface area (Å²) >= 11 is 0. The van der Waals surface area contributed by atoms with E-state index in [1.54, 1.807) is 0 Å². The van der Waals surface area contributed by atoms with E-state index in [1.165, 1.54) is 13.2 Å². The molecule has 50 heavy (non-hydrogen) atoms. The molecule has 1 aromatic rings. The van der Waals surface area contributed by atoms with Gasteiger partial charge >= 0.3 is 5.97 Å². The van der Waals surface area contributed by atoms with Crippen molar-refractivity contribution in [1.29, 1.82) is 0 Å². The highest BCUT2D eigenvalue weighted by molar-refractivity contribution is 5.85. The van der Waals surface area contributed by atoms with Crippen LogP contribution in [0.15, 0.2) is 42.2 Å².